The fraction of sp³-hybridized carbons (Fsp3) is 0.154. The fourth-order valence-electron chi connectivity index (χ4n) is 1.45. The SMILES string of the molecule is Cc1cnc(Oc2cc(C)c(N)cc2F)c(Br)c1. The van der Waals surface area contributed by atoms with Gasteiger partial charge in [-0.25, -0.2) is 9.37 Å². The molecule has 0 aliphatic heterocycles. The first-order chi connectivity index (χ1) is 8.47. The second-order valence-corrected chi connectivity index (χ2v) is 4.90. The van der Waals surface area contributed by atoms with Gasteiger partial charge in [0.2, 0.25) is 5.88 Å². The molecule has 2 rings (SSSR count). The summed E-state index contributed by atoms with van der Waals surface area (Å²) in [5.74, 6) is -0.0743. The first-order valence-electron chi connectivity index (χ1n) is 5.33. The summed E-state index contributed by atoms with van der Waals surface area (Å²) in [5, 5.41) is 0. The van der Waals surface area contributed by atoms with Gasteiger partial charge in [-0.15, -0.1) is 0 Å². The number of hydrogen-bond donors (Lipinski definition) is 1. The van der Waals surface area contributed by atoms with Crippen molar-refractivity contribution in [1.82, 2.24) is 4.98 Å². The van der Waals surface area contributed by atoms with Crippen LogP contribution < -0.4 is 10.5 Å². The van der Waals surface area contributed by atoms with Crippen LogP contribution >= 0.6 is 15.9 Å². The monoisotopic (exact) mass is 310 g/mol. The fourth-order valence-corrected chi connectivity index (χ4v) is 1.99. The van der Waals surface area contributed by atoms with E-state index in [-0.39, 0.29) is 5.75 Å². The Bertz CT molecular complexity index is 602. The molecule has 2 aromatic rings. The van der Waals surface area contributed by atoms with E-state index in [1.807, 2.05) is 13.0 Å². The molecule has 0 saturated carbocycles. The molecule has 5 heteroatoms. The van der Waals surface area contributed by atoms with Gasteiger partial charge in [0, 0.05) is 18.0 Å². The van der Waals surface area contributed by atoms with E-state index in [1.54, 1.807) is 19.2 Å². The van der Waals surface area contributed by atoms with Gasteiger partial charge in [0.05, 0.1) is 4.47 Å². The number of aromatic nitrogens is 1. The minimum atomic E-state index is -0.507. The molecule has 0 atom stereocenters. The molecule has 0 radical (unpaired) electrons. The Balaban J connectivity index is 2.37. The van der Waals surface area contributed by atoms with Crippen molar-refractivity contribution < 1.29 is 9.13 Å². The lowest BCUT2D eigenvalue weighted by atomic mass is 10.2. The number of benzene rings is 1. The Morgan fingerprint density at radius 3 is 2.67 bits per heavy atom. The van der Waals surface area contributed by atoms with Crippen molar-refractivity contribution in [3.8, 4) is 11.6 Å². The van der Waals surface area contributed by atoms with Crippen molar-refractivity contribution in [1.29, 1.82) is 0 Å². The third-order valence-electron chi connectivity index (χ3n) is 2.47. The zero-order valence-corrected chi connectivity index (χ0v) is 11.6. The quantitative estimate of drug-likeness (QED) is 0.854. The van der Waals surface area contributed by atoms with E-state index in [9.17, 15) is 4.39 Å². The minimum absolute atomic E-state index is 0.110. The molecule has 0 saturated heterocycles. The lowest BCUT2D eigenvalue weighted by Crippen LogP contribution is -1.96. The van der Waals surface area contributed by atoms with Gasteiger partial charge in [0.15, 0.2) is 11.6 Å². The first kappa shape index (κ1) is 12.8. The highest BCUT2D eigenvalue weighted by molar-refractivity contribution is 9.10. The van der Waals surface area contributed by atoms with E-state index < -0.39 is 5.82 Å². The number of nitrogen functional groups attached to an aromatic ring is 1. The zero-order chi connectivity index (χ0) is 13.3. The summed E-state index contributed by atoms with van der Waals surface area (Å²) < 4.78 is 19.8. The molecule has 0 aliphatic carbocycles. The van der Waals surface area contributed by atoms with Gasteiger partial charge >= 0.3 is 0 Å². The van der Waals surface area contributed by atoms with Crippen LogP contribution in [0.4, 0.5) is 10.1 Å². The maximum absolute atomic E-state index is 13.7. The van der Waals surface area contributed by atoms with E-state index in [2.05, 4.69) is 20.9 Å². The Hall–Kier alpha value is -1.62. The normalized spacial score (nSPS) is 10.4. The van der Waals surface area contributed by atoms with Gasteiger partial charge in [0.1, 0.15) is 0 Å². The molecular formula is C13H12BrFN2O. The molecule has 18 heavy (non-hydrogen) atoms. The van der Waals surface area contributed by atoms with Gasteiger partial charge in [-0.3, -0.25) is 0 Å². The van der Waals surface area contributed by atoms with Crippen molar-refractivity contribution in [3.63, 3.8) is 0 Å². The molecule has 1 aromatic heterocycles. The molecule has 0 unspecified atom stereocenters. The second kappa shape index (κ2) is 4.94. The summed E-state index contributed by atoms with van der Waals surface area (Å²) in [7, 11) is 0. The largest absolute Gasteiger partial charge is 0.435 e. The standard InChI is InChI=1S/C13H12BrFN2O/c1-7-3-9(14)13(17-6-7)18-12-4-8(2)11(16)5-10(12)15/h3-6H,16H2,1-2H3. The van der Waals surface area contributed by atoms with E-state index in [4.69, 9.17) is 10.5 Å². The average molecular weight is 311 g/mol. The van der Waals surface area contributed by atoms with Gasteiger partial charge < -0.3 is 10.5 Å². The summed E-state index contributed by atoms with van der Waals surface area (Å²) in [6.07, 6.45) is 1.65. The predicted octanol–water partition coefficient (Wildman–Crippen LogP) is 3.97. The van der Waals surface area contributed by atoms with Crippen molar-refractivity contribution >= 4 is 21.6 Å². The number of rotatable bonds is 2. The number of anilines is 1. The van der Waals surface area contributed by atoms with Crippen LogP contribution in [0.1, 0.15) is 11.1 Å². The van der Waals surface area contributed by atoms with Gasteiger partial charge in [-0.05, 0) is 53.0 Å². The van der Waals surface area contributed by atoms with E-state index >= 15 is 0 Å². The van der Waals surface area contributed by atoms with E-state index in [0.717, 1.165) is 11.1 Å². The highest BCUT2D eigenvalue weighted by atomic mass is 79.9. The molecule has 1 aromatic carbocycles. The minimum Gasteiger partial charge on any atom is -0.435 e. The Kier molecular flexibility index (Phi) is 3.52. The lowest BCUT2D eigenvalue weighted by molar-refractivity contribution is 0.424. The molecule has 0 amide bonds. The molecule has 1 heterocycles. The van der Waals surface area contributed by atoms with Crippen molar-refractivity contribution in [2.75, 3.05) is 5.73 Å². The van der Waals surface area contributed by atoms with Crippen molar-refractivity contribution in [2.24, 2.45) is 0 Å². The Morgan fingerprint density at radius 1 is 1.28 bits per heavy atom. The highest BCUT2D eigenvalue weighted by Crippen LogP contribution is 2.31. The number of nitrogens with zero attached hydrogens (tertiary/aromatic N) is 1. The number of pyridine rings is 1. The van der Waals surface area contributed by atoms with Crippen molar-refractivity contribution in [2.45, 2.75) is 13.8 Å². The molecular weight excluding hydrogens is 299 g/mol. The molecule has 3 nitrogen and oxygen atoms in total. The molecule has 94 valence electrons. The highest BCUT2D eigenvalue weighted by Gasteiger charge is 2.11. The first-order valence-corrected chi connectivity index (χ1v) is 6.12. The number of ether oxygens (including phenoxy) is 1. The second-order valence-electron chi connectivity index (χ2n) is 4.04. The molecule has 0 aliphatic rings. The van der Waals surface area contributed by atoms with Crippen LogP contribution in [0.5, 0.6) is 11.6 Å². The van der Waals surface area contributed by atoms with E-state index in [0.29, 0.717) is 16.0 Å². The number of hydrogen-bond acceptors (Lipinski definition) is 3. The van der Waals surface area contributed by atoms with Crippen molar-refractivity contribution in [3.05, 3.63) is 45.8 Å². The van der Waals surface area contributed by atoms with Crippen LogP contribution in [0.15, 0.2) is 28.9 Å². The summed E-state index contributed by atoms with van der Waals surface area (Å²) >= 11 is 3.33. The van der Waals surface area contributed by atoms with E-state index in [1.165, 1.54) is 6.07 Å². The molecule has 0 spiro atoms. The smallest absolute Gasteiger partial charge is 0.233 e. The summed E-state index contributed by atoms with van der Waals surface area (Å²) in [6, 6.07) is 4.65. The maximum atomic E-state index is 13.7. The van der Waals surface area contributed by atoms with Gasteiger partial charge in [0.25, 0.3) is 0 Å². The van der Waals surface area contributed by atoms with Crippen LogP contribution in [-0.2, 0) is 0 Å². The topological polar surface area (TPSA) is 48.1 Å². The molecule has 2 N–H and O–H groups in total. The third-order valence-corrected chi connectivity index (χ3v) is 3.04. The summed E-state index contributed by atoms with van der Waals surface area (Å²) in [6.45, 7) is 3.70. The Labute approximate surface area is 113 Å². The van der Waals surface area contributed by atoms with Crippen LogP contribution in [0, 0.1) is 19.7 Å². The zero-order valence-electron chi connectivity index (χ0n) is 10.00. The van der Waals surface area contributed by atoms with Crippen LogP contribution in [0.25, 0.3) is 0 Å². The van der Waals surface area contributed by atoms with Crippen LogP contribution in [0.3, 0.4) is 0 Å². The van der Waals surface area contributed by atoms with Gasteiger partial charge in [-0.1, -0.05) is 0 Å². The van der Waals surface area contributed by atoms with Crippen LogP contribution in [0.2, 0.25) is 0 Å². The number of nitrogens with two attached hydrogens (primary N) is 1. The summed E-state index contributed by atoms with van der Waals surface area (Å²) in [4.78, 5) is 4.10. The van der Waals surface area contributed by atoms with Crippen LogP contribution in [-0.4, -0.2) is 4.98 Å². The lowest BCUT2D eigenvalue weighted by Gasteiger charge is -2.10. The molecule has 0 fully saturated rings. The van der Waals surface area contributed by atoms with Gasteiger partial charge in [-0.2, -0.15) is 0 Å². The molecule has 0 bridgehead atoms. The predicted molar refractivity (Wildman–Crippen MR) is 72.3 cm³/mol. The average Bonchev–Trinajstić information content (AvgIpc) is 2.29. The Morgan fingerprint density at radius 2 is 2.00 bits per heavy atom. The third kappa shape index (κ3) is 2.61. The summed E-state index contributed by atoms with van der Waals surface area (Å²) in [5.41, 5.74) is 7.76. The number of halogens is 2. The number of aryl methyl sites for hydroxylation is 2. The maximum Gasteiger partial charge on any atom is 0.233 e.